The Morgan fingerprint density at radius 1 is 1.21 bits per heavy atom. The topological polar surface area (TPSA) is 101 Å². The van der Waals surface area contributed by atoms with Gasteiger partial charge in [-0.3, -0.25) is 0 Å². The van der Waals surface area contributed by atoms with E-state index in [2.05, 4.69) is 4.98 Å². The summed E-state index contributed by atoms with van der Waals surface area (Å²) in [5.41, 5.74) is 0. The molecule has 0 saturated heterocycles. The third kappa shape index (κ3) is 6.48. The van der Waals surface area contributed by atoms with Crippen LogP contribution in [0.25, 0.3) is 0 Å². The molecular formula is C11H18N2O5S. The fourth-order valence-corrected chi connectivity index (χ4v) is 1.66. The lowest BCUT2D eigenvalue weighted by atomic mass is 10.4. The van der Waals surface area contributed by atoms with E-state index in [9.17, 15) is 8.42 Å². The maximum atomic E-state index is 11.0. The summed E-state index contributed by atoms with van der Waals surface area (Å²) in [5, 5.41) is 4.95. The van der Waals surface area contributed by atoms with Crippen molar-refractivity contribution in [2.45, 2.75) is 11.3 Å². The fraction of sp³-hybridized carbons (Fsp3) is 0.545. The SMILES string of the molecule is COCCOCCCOc1ccc(S(N)(=O)=O)cn1. The van der Waals surface area contributed by atoms with Gasteiger partial charge >= 0.3 is 0 Å². The van der Waals surface area contributed by atoms with Gasteiger partial charge in [-0.25, -0.2) is 18.5 Å². The van der Waals surface area contributed by atoms with Gasteiger partial charge in [0, 0.05) is 26.2 Å². The molecule has 0 aromatic carbocycles. The van der Waals surface area contributed by atoms with E-state index in [1.807, 2.05) is 0 Å². The van der Waals surface area contributed by atoms with E-state index < -0.39 is 10.0 Å². The lowest BCUT2D eigenvalue weighted by Gasteiger charge is -2.06. The average Bonchev–Trinajstić information content (AvgIpc) is 2.37. The highest BCUT2D eigenvalue weighted by atomic mass is 32.2. The van der Waals surface area contributed by atoms with Gasteiger partial charge in [-0.1, -0.05) is 0 Å². The van der Waals surface area contributed by atoms with Gasteiger partial charge in [0.25, 0.3) is 0 Å². The normalized spacial score (nSPS) is 11.5. The Hall–Kier alpha value is -1.22. The van der Waals surface area contributed by atoms with Crippen molar-refractivity contribution in [3.05, 3.63) is 18.3 Å². The van der Waals surface area contributed by atoms with Crippen LogP contribution in [0.2, 0.25) is 0 Å². The number of pyridine rings is 1. The van der Waals surface area contributed by atoms with Crippen molar-refractivity contribution in [2.75, 3.05) is 33.5 Å². The molecule has 0 radical (unpaired) electrons. The third-order valence-electron chi connectivity index (χ3n) is 2.15. The van der Waals surface area contributed by atoms with Crippen molar-refractivity contribution in [1.82, 2.24) is 4.98 Å². The Balaban J connectivity index is 2.23. The molecule has 1 aromatic rings. The molecule has 7 nitrogen and oxygen atoms in total. The van der Waals surface area contributed by atoms with E-state index in [-0.39, 0.29) is 4.90 Å². The highest BCUT2D eigenvalue weighted by molar-refractivity contribution is 7.89. The van der Waals surface area contributed by atoms with Crippen molar-refractivity contribution in [3.8, 4) is 5.88 Å². The van der Waals surface area contributed by atoms with Gasteiger partial charge in [0.2, 0.25) is 15.9 Å². The van der Waals surface area contributed by atoms with Crippen LogP contribution in [0.1, 0.15) is 6.42 Å². The Bertz CT molecular complexity index is 460. The number of hydrogen-bond donors (Lipinski definition) is 1. The number of nitrogens with zero attached hydrogens (tertiary/aromatic N) is 1. The van der Waals surface area contributed by atoms with E-state index in [0.717, 1.165) is 0 Å². The van der Waals surface area contributed by atoms with Crippen LogP contribution in [0, 0.1) is 0 Å². The van der Waals surface area contributed by atoms with Crippen molar-refractivity contribution >= 4 is 10.0 Å². The molecule has 1 rings (SSSR count). The molecule has 0 saturated carbocycles. The van der Waals surface area contributed by atoms with Crippen LogP contribution in [-0.2, 0) is 19.5 Å². The molecule has 108 valence electrons. The number of ether oxygens (including phenoxy) is 3. The van der Waals surface area contributed by atoms with Crippen molar-refractivity contribution in [1.29, 1.82) is 0 Å². The van der Waals surface area contributed by atoms with E-state index >= 15 is 0 Å². The maximum Gasteiger partial charge on any atom is 0.239 e. The molecule has 0 aliphatic heterocycles. The Labute approximate surface area is 112 Å². The van der Waals surface area contributed by atoms with Crippen LogP contribution < -0.4 is 9.88 Å². The second-order valence-corrected chi connectivity index (χ2v) is 5.25. The standard InChI is InChI=1S/C11H18N2O5S/c1-16-7-8-17-5-2-6-18-11-4-3-10(9-13-11)19(12,14)15/h3-4,9H,2,5-8H2,1H3,(H2,12,14,15). The highest BCUT2D eigenvalue weighted by Crippen LogP contribution is 2.10. The number of hydrogen-bond acceptors (Lipinski definition) is 6. The lowest BCUT2D eigenvalue weighted by molar-refractivity contribution is 0.0642. The molecular weight excluding hydrogens is 272 g/mol. The number of methoxy groups -OCH3 is 1. The number of aromatic nitrogens is 1. The molecule has 0 amide bonds. The van der Waals surface area contributed by atoms with Crippen LogP contribution in [0.5, 0.6) is 5.88 Å². The summed E-state index contributed by atoms with van der Waals surface area (Å²) in [5.74, 6) is 0.351. The molecule has 0 spiro atoms. The molecule has 2 N–H and O–H groups in total. The minimum atomic E-state index is -3.71. The molecule has 0 atom stereocenters. The monoisotopic (exact) mass is 290 g/mol. The van der Waals surface area contributed by atoms with E-state index in [1.165, 1.54) is 18.3 Å². The summed E-state index contributed by atoms with van der Waals surface area (Å²) >= 11 is 0. The van der Waals surface area contributed by atoms with Gasteiger partial charge in [-0.15, -0.1) is 0 Å². The Morgan fingerprint density at radius 2 is 2.00 bits per heavy atom. The molecule has 1 heterocycles. The molecule has 0 fully saturated rings. The summed E-state index contributed by atoms with van der Waals surface area (Å²) in [6.45, 7) is 2.13. The maximum absolute atomic E-state index is 11.0. The van der Waals surface area contributed by atoms with Gasteiger partial charge in [-0.05, 0) is 6.07 Å². The molecule has 19 heavy (non-hydrogen) atoms. The second-order valence-electron chi connectivity index (χ2n) is 3.68. The number of primary sulfonamides is 1. The van der Waals surface area contributed by atoms with Crippen molar-refractivity contribution < 1.29 is 22.6 Å². The zero-order chi connectivity index (χ0) is 14.1. The van der Waals surface area contributed by atoms with Crippen LogP contribution in [0.4, 0.5) is 0 Å². The number of nitrogens with two attached hydrogens (primary N) is 1. The summed E-state index contributed by atoms with van der Waals surface area (Å²) in [4.78, 5) is 3.81. The fourth-order valence-electron chi connectivity index (χ4n) is 1.20. The summed E-state index contributed by atoms with van der Waals surface area (Å²) < 4.78 is 37.4. The molecule has 8 heteroatoms. The van der Waals surface area contributed by atoms with Crippen molar-refractivity contribution in [3.63, 3.8) is 0 Å². The van der Waals surface area contributed by atoms with Crippen LogP contribution in [-0.4, -0.2) is 46.9 Å². The minimum absolute atomic E-state index is 0.0391. The average molecular weight is 290 g/mol. The Kier molecular flexibility index (Phi) is 6.71. The first-order chi connectivity index (χ1) is 9.04. The predicted octanol–water partition coefficient (Wildman–Crippen LogP) is 0.161. The van der Waals surface area contributed by atoms with Crippen LogP contribution in [0.15, 0.2) is 23.2 Å². The van der Waals surface area contributed by atoms with Gasteiger partial charge in [0.15, 0.2) is 0 Å². The van der Waals surface area contributed by atoms with E-state index in [1.54, 1.807) is 7.11 Å². The first-order valence-corrected chi connectivity index (χ1v) is 7.27. The minimum Gasteiger partial charge on any atom is -0.478 e. The third-order valence-corrected chi connectivity index (χ3v) is 3.05. The van der Waals surface area contributed by atoms with Crippen LogP contribution in [0.3, 0.4) is 0 Å². The zero-order valence-corrected chi connectivity index (χ0v) is 11.6. The van der Waals surface area contributed by atoms with Gasteiger partial charge in [0.1, 0.15) is 4.90 Å². The molecule has 0 aliphatic rings. The summed E-state index contributed by atoms with van der Waals surface area (Å²) in [6.07, 6.45) is 1.88. The largest absolute Gasteiger partial charge is 0.478 e. The molecule has 1 aromatic heterocycles. The summed E-state index contributed by atoms with van der Waals surface area (Å²) in [6, 6.07) is 2.82. The summed E-state index contributed by atoms with van der Waals surface area (Å²) in [7, 11) is -2.09. The highest BCUT2D eigenvalue weighted by Gasteiger charge is 2.07. The second kappa shape index (κ2) is 8.05. The first kappa shape index (κ1) is 15.8. The van der Waals surface area contributed by atoms with Gasteiger partial charge < -0.3 is 14.2 Å². The smallest absolute Gasteiger partial charge is 0.239 e. The van der Waals surface area contributed by atoms with Crippen LogP contribution >= 0.6 is 0 Å². The molecule has 0 aliphatic carbocycles. The van der Waals surface area contributed by atoms with E-state index in [0.29, 0.717) is 38.7 Å². The van der Waals surface area contributed by atoms with E-state index in [4.69, 9.17) is 19.3 Å². The van der Waals surface area contributed by atoms with Crippen molar-refractivity contribution in [2.24, 2.45) is 5.14 Å². The molecule has 0 bridgehead atoms. The lowest BCUT2D eigenvalue weighted by Crippen LogP contribution is -2.12. The first-order valence-electron chi connectivity index (χ1n) is 5.72. The van der Waals surface area contributed by atoms with Gasteiger partial charge in [-0.2, -0.15) is 0 Å². The predicted molar refractivity (Wildman–Crippen MR) is 68.4 cm³/mol. The number of sulfonamides is 1. The quantitative estimate of drug-likeness (QED) is 0.650. The van der Waals surface area contributed by atoms with Gasteiger partial charge in [0.05, 0.1) is 26.0 Å². The molecule has 0 unspecified atom stereocenters. The Morgan fingerprint density at radius 3 is 2.58 bits per heavy atom. The zero-order valence-electron chi connectivity index (χ0n) is 10.7. The number of rotatable bonds is 9.